The Morgan fingerprint density at radius 3 is 3.00 bits per heavy atom. The zero-order valence-corrected chi connectivity index (χ0v) is 13.2. The number of hydrogen-bond acceptors (Lipinski definition) is 6. The largest absolute Gasteiger partial charge is 0.465 e. The SMILES string of the molecule is COC(=O)c1c(NC(=O)CCSC)sc2c1CCNC2. The van der Waals surface area contributed by atoms with Crippen molar-refractivity contribution in [2.24, 2.45) is 0 Å². The third-order valence-electron chi connectivity index (χ3n) is 3.10. The molecule has 0 atom stereocenters. The van der Waals surface area contributed by atoms with Gasteiger partial charge >= 0.3 is 5.97 Å². The average Bonchev–Trinajstić information content (AvgIpc) is 2.82. The molecule has 0 saturated heterocycles. The van der Waals surface area contributed by atoms with E-state index in [0.29, 0.717) is 17.0 Å². The van der Waals surface area contributed by atoms with E-state index < -0.39 is 0 Å². The Hall–Kier alpha value is -1.05. The molecule has 7 heteroatoms. The minimum absolute atomic E-state index is 0.0592. The first-order valence-electron chi connectivity index (χ1n) is 6.39. The molecule has 0 bridgehead atoms. The number of methoxy groups -OCH3 is 1. The van der Waals surface area contributed by atoms with Crippen molar-refractivity contribution in [3.05, 3.63) is 16.0 Å². The van der Waals surface area contributed by atoms with Gasteiger partial charge in [0.1, 0.15) is 5.00 Å². The molecule has 1 aliphatic heterocycles. The minimum atomic E-state index is -0.371. The van der Waals surface area contributed by atoms with Gasteiger partial charge in [0.2, 0.25) is 5.91 Å². The van der Waals surface area contributed by atoms with Crippen LogP contribution in [-0.4, -0.2) is 37.5 Å². The maximum Gasteiger partial charge on any atom is 0.341 e. The van der Waals surface area contributed by atoms with Gasteiger partial charge in [0.25, 0.3) is 0 Å². The second kappa shape index (κ2) is 7.10. The van der Waals surface area contributed by atoms with Crippen molar-refractivity contribution >= 4 is 40.0 Å². The number of nitrogens with one attached hydrogen (secondary N) is 2. The van der Waals surface area contributed by atoms with E-state index in [9.17, 15) is 9.59 Å². The summed E-state index contributed by atoms with van der Waals surface area (Å²) in [6.07, 6.45) is 3.20. The molecule has 0 aromatic carbocycles. The van der Waals surface area contributed by atoms with Crippen LogP contribution in [0, 0.1) is 0 Å². The fourth-order valence-corrected chi connectivity index (χ4v) is 3.74. The zero-order chi connectivity index (χ0) is 14.5. The number of fused-ring (bicyclic) bond motifs is 1. The van der Waals surface area contributed by atoms with Crippen LogP contribution in [0.3, 0.4) is 0 Å². The third-order valence-corrected chi connectivity index (χ3v) is 4.86. The summed E-state index contributed by atoms with van der Waals surface area (Å²) in [4.78, 5) is 24.9. The summed E-state index contributed by atoms with van der Waals surface area (Å²) in [5, 5.41) is 6.75. The van der Waals surface area contributed by atoms with E-state index in [2.05, 4.69) is 10.6 Å². The van der Waals surface area contributed by atoms with Gasteiger partial charge in [-0.1, -0.05) is 0 Å². The maximum atomic E-state index is 12.0. The van der Waals surface area contributed by atoms with Crippen LogP contribution < -0.4 is 10.6 Å². The molecule has 2 heterocycles. The van der Waals surface area contributed by atoms with E-state index in [1.165, 1.54) is 18.4 Å². The molecule has 1 aromatic rings. The van der Waals surface area contributed by atoms with Gasteiger partial charge in [0.05, 0.1) is 12.7 Å². The number of thiophene rings is 1. The number of amides is 1. The van der Waals surface area contributed by atoms with E-state index in [1.54, 1.807) is 11.8 Å². The highest BCUT2D eigenvalue weighted by Crippen LogP contribution is 2.35. The number of anilines is 1. The summed E-state index contributed by atoms with van der Waals surface area (Å²) in [5.41, 5.74) is 1.55. The Bertz CT molecular complexity index is 514. The number of carbonyl (C=O) groups is 2. The molecule has 2 N–H and O–H groups in total. The number of hydrogen-bond donors (Lipinski definition) is 2. The second-order valence-electron chi connectivity index (χ2n) is 4.42. The first-order valence-corrected chi connectivity index (χ1v) is 8.60. The van der Waals surface area contributed by atoms with E-state index in [-0.39, 0.29) is 11.9 Å². The second-order valence-corrected chi connectivity index (χ2v) is 6.51. The van der Waals surface area contributed by atoms with Gasteiger partial charge in [0, 0.05) is 23.6 Å². The standard InChI is InChI=1S/C13H18N2O3S2/c1-18-13(17)11-8-3-5-14-7-9(8)20-12(11)15-10(16)4-6-19-2/h14H,3-7H2,1-2H3,(H,15,16). The number of esters is 1. The molecule has 20 heavy (non-hydrogen) atoms. The van der Waals surface area contributed by atoms with Crippen molar-refractivity contribution in [3.8, 4) is 0 Å². The van der Waals surface area contributed by atoms with E-state index in [4.69, 9.17) is 4.74 Å². The predicted molar refractivity (Wildman–Crippen MR) is 82.7 cm³/mol. The van der Waals surface area contributed by atoms with E-state index in [0.717, 1.165) is 35.7 Å². The molecular weight excluding hydrogens is 296 g/mol. The minimum Gasteiger partial charge on any atom is -0.465 e. The van der Waals surface area contributed by atoms with Crippen molar-refractivity contribution in [2.75, 3.05) is 31.0 Å². The van der Waals surface area contributed by atoms with Crippen LogP contribution in [0.25, 0.3) is 0 Å². The normalized spacial score (nSPS) is 13.7. The van der Waals surface area contributed by atoms with Crippen LogP contribution in [0.5, 0.6) is 0 Å². The van der Waals surface area contributed by atoms with Crippen LogP contribution in [0.15, 0.2) is 0 Å². The number of rotatable bonds is 5. The van der Waals surface area contributed by atoms with Gasteiger partial charge in [-0.15, -0.1) is 11.3 Å². The maximum absolute atomic E-state index is 12.0. The lowest BCUT2D eigenvalue weighted by Gasteiger charge is -2.13. The average molecular weight is 314 g/mol. The summed E-state index contributed by atoms with van der Waals surface area (Å²) in [6.45, 7) is 1.58. The lowest BCUT2D eigenvalue weighted by Crippen LogP contribution is -2.23. The van der Waals surface area contributed by atoms with Gasteiger partial charge in [-0.2, -0.15) is 11.8 Å². The molecule has 0 unspecified atom stereocenters. The molecule has 0 fully saturated rings. The monoisotopic (exact) mass is 314 g/mol. The first kappa shape index (κ1) is 15.3. The van der Waals surface area contributed by atoms with Crippen LogP contribution in [0.2, 0.25) is 0 Å². The molecule has 5 nitrogen and oxygen atoms in total. The summed E-state index contributed by atoms with van der Waals surface area (Å²) >= 11 is 3.09. The van der Waals surface area contributed by atoms with Gasteiger partial charge in [-0.3, -0.25) is 4.79 Å². The number of thioether (sulfide) groups is 1. The Morgan fingerprint density at radius 1 is 1.50 bits per heavy atom. The fraction of sp³-hybridized carbons (Fsp3) is 0.538. The van der Waals surface area contributed by atoms with Crippen molar-refractivity contribution < 1.29 is 14.3 Å². The Kier molecular flexibility index (Phi) is 5.45. The van der Waals surface area contributed by atoms with Crippen LogP contribution in [0.1, 0.15) is 27.2 Å². The van der Waals surface area contributed by atoms with Gasteiger partial charge < -0.3 is 15.4 Å². The predicted octanol–water partition coefficient (Wildman–Crippen LogP) is 1.87. The fourth-order valence-electron chi connectivity index (χ4n) is 2.12. The highest BCUT2D eigenvalue weighted by atomic mass is 32.2. The Balaban J connectivity index is 2.25. The lowest BCUT2D eigenvalue weighted by atomic mass is 10.0. The molecule has 0 radical (unpaired) electrons. The molecule has 2 rings (SSSR count). The highest BCUT2D eigenvalue weighted by Gasteiger charge is 2.26. The topological polar surface area (TPSA) is 67.4 Å². The molecule has 0 saturated carbocycles. The highest BCUT2D eigenvalue weighted by molar-refractivity contribution is 7.98. The summed E-state index contributed by atoms with van der Waals surface area (Å²) in [5.74, 6) is 0.340. The van der Waals surface area contributed by atoms with Crippen LogP contribution >= 0.6 is 23.1 Å². The molecule has 1 aliphatic rings. The zero-order valence-electron chi connectivity index (χ0n) is 11.6. The summed E-state index contributed by atoms with van der Waals surface area (Å²) in [7, 11) is 1.37. The van der Waals surface area contributed by atoms with Gasteiger partial charge in [-0.05, 0) is 24.8 Å². The van der Waals surface area contributed by atoms with Crippen molar-refractivity contribution in [1.29, 1.82) is 0 Å². The molecule has 0 aliphatic carbocycles. The smallest absolute Gasteiger partial charge is 0.341 e. The molecular formula is C13H18N2O3S2. The Morgan fingerprint density at radius 2 is 2.30 bits per heavy atom. The van der Waals surface area contributed by atoms with Crippen molar-refractivity contribution in [2.45, 2.75) is 19.4 Å². The number of ether oxygens (including phenoxy) is 1. The molecule has 0 spiro atoms. The summed E-state index contributed by atoms with van der Waals surface area (Å²) < 4.78 is 4.86. The molecule has 1 aromatic heterocycles. The van der Waals surface area contributed by atoms with Crippen LogP contribution in [0.4, 0.5) is 5.00 Å². The third kappa shape index (κ3) is 3.34. The van der Waals surface area contributed by atoms with Gasteiger partial charge in [-0.25, -0.2) is 4.79 Å². The molecule has 110 valence electrons. The van der Waals surface area contributed by atoms with Crippen LogP contribution in [-0.2, 0) is 22.5 Å². The first-order chi connectivity index (χ1) is 9.67. The van der Waals surface area contributed by atoms with Crippen molar-refractivity contribution in [3.63, 3.8) is 0 Å². The van der Waals surface area contributed by atoms with E-state index in [1.807, 2.05) is 6.26 Å². The van der Waals surface area contributed by atoms with Gasteiger partial charge in [0.15, 0.2) is 0 Å². The molecule has 1 amide bonds. The Labute approximate surface area is 126 Å². The van der Waals surface area contributed by atoms with Crippen molar-refractivity contribution in [1.82, 2.24) is 5.32 Å². The summed E-state index contributed by atoms with van der Waals surface area (Å²) in [6, 6.07) is 0. The lowest BCUT2D eigenvalue weighted by molar-refractivity contribution is -0.115. The number of carbonyl (C=O) groups excluding carboxylic acids is 2. The van der Waals surface area contributed by atoms with E-state index >= 15 is 0 Å². The quantitative estimate of drug-likeness (QED) is 0.812.